The fourth-order valence-electron chi connectivity index (χ4n) is 2.37. The summed E-state index contributed by atoms with van der Waals surface area (Å²) in [6.07, 6.45) is 4.89. The average Bonchev–Trinajstić information content (AvgIpc) is 2.58. The van der Waals surface area contributed by atoms with Crippen LogP contribution in [0.1, 0.15) is 0 Å². The van der Waals surface area contributed by atoms with Crippen molar-refractivity contribution < 1.29 is 23.7 Å². The highest BCUT2D eigenvalue weighted by molar-refractivity contribution is 6.20. The molecular formula is C18H27ClO5. The van der Waals surface area contributed by atoms with Crippen LogP contribution in [0.4, 0.5) is 0 Å². The van der Waals surface area contributed by atoms with Gasteiger partial charge in [-0.15, -0.1) is 26.3 Å². The molecular weight excluding hydrogens is 332 g/mol. The Bertz CT molecular complexity index is 401. The Morgan fingerprint density at radius 2 is 1.25 bits per heavy atom. The van der Waals surface area contributed by atoms with Crippen molar-refractivity contribution in [1.82, 2.24) is 0 Å². The van der Waals surface area contributed by atoms with Crippen LogP contribution in [0.5, 0.6) is 0 Å². The summed E-state index contributed by atoms with van der Waals surface area (Å²) in [5, 5.41) is 0. The molecule has 5 atom stereocenters. The Kier molecular flexibility index (Phi) is 10.9. The lowest BCUT2D eigenvalue weighted by Gasteiger charge is -2.44. The van der Waals surface area contributed by atoms with Crippen LogP contribution in [0.3, 0.4) is 0 Å². The first-order chi connectivity index (χ1) is 11.7. The van der Waals surface area contributed by atoms with Crippen LogP contribution in [0.25, 0.3) is 0 Å². The van der Waals surface area contributed by atoms with Crippen molar-refractivity contribution in [3.05, 3.63) is 50.6 Å². The van der Waals surface area contributed by atoms with Crippen molar-refractivity contribution in [1.29, 1.82) is 0 Å². The van der Waals surface area contributed by atoms with Gasteiger partial charge in [0.15, 0.2) is 5.56 Å². The molecule has 0 saturated carbocycles. The molecule has 1 saturated heterocycles. The summed E-state index contributed by atoms with van der Waals surface area (Å²) in [7, 11) is 0. The molecule has 1 aliphatic rings. The molecule has 1 heterocycles. The molecule has 1 rings (SSSR count). The van der Waals surface area contributed by atoms with Crippen molar-refractivity contribution in [3.63, 3.8) is 0 Å². The van der Waals surface area contributed by atoms with Crippen molar-refractivity contribution >= 4 is 11.6 Å². The van der Waals surface area contributed by atoms with Gasteiger partial charge >= 0.3 is 0 Å². The van der Waals surface area contributed by atoms with E-state index in [1.165, 1.54) is 0 Å². The lowest BCUT2D eigenvalue weighted by Crippen LogP contribution is -2.60. The van der Waals surface area contributed by atoms with Gasteiger partial charge in [-0.05, 0) is 0 Å². The van der Waals surface area contributed by atoms with Crippen LogP contribution in [0.2, 0.25) is 0 Å². The summed E-state index contributed by atoms with van der Waals surface area (Å²) in [6.45, 7) is 16.4. The van der Waals surface area contributed by atoms with Gasteiger partial charge in [0.2, 0.25) is 0 Å². The fraction of sp³-hybridized carbons (Fsp3) is 0.556. The second-order valence-electron chi connectivity index (χ2n) is 5.11. The molecule has 0 aromatic rings. The van der Waals surface area contributed by atoms with Crippen LogP contribution in [0, 0.1) is 0 Å². The first-order valence-electron chi connectivity index (χ1n) is 7.85. The maximum Gasteiger partial charge on any atom is 0.160 e. The van der Waals surface area contributed by atoms with Gasteiger partial charge in [-0.3, -0.25) is 0 Å². The standard InChI is InChI=1S/C18H27ClO5/c1-5-9-20-13-14-15(21-10-6-2)16(22-11-7-3)17(18(19)24-14)23-12-8-4/h5-8,14-18H,1-4,9-13H2/t14-,15-,16+,17+,18+/m1/s1. The maximum absolute atomic E-state index is 6.36. The largest absolute Gasteiger partial charge is 0.375 e. The molecule has 0 N–H and O–H groups in total. The maximum atomic E-state index is 6.36. The van der Waals surface area contributed by atoms with Gasteiger partial charge in [-0.1, -0.05) is 35.9 Å². The van der Waals surface area contributed by atoms with E-state index in [9.17, 15) is 0 Å². The van der Waals surface area contributed by atoms with Gasteiger partial charge in [0.05, 0.1) is 33.0 Å². The Labute approximate surface area is 149 Å². The lowest BCUT2D eigenvalue weighted by atomic mass is 9.99. The molecule has 5 nitrogen and oxygen atoms in total. The number of halogens is 1. The molecule has 0 amide bonds. The van der Waals surface area contributed by atoms with Crippen LogP contribution in [-0.2, 0) is 23.7 Å². The smallest absolute Gasteiger partial charge is 0.160 e. The Morgan fingerprint density at radius 3 is 1.79 bits per heavy atom. The van der Waals surface area contributed by atoms with Crippen LogP contribution < -0.4 is 0 Å². The van der Waals surface area contributed by atoms with Crippen LogP contribution in [0.15, 0.2) is 50.6 Å². The lowest BCUT2D eigenvalue weighted by molar-refractivity contribution is -0.242. The van der Waals surface area contributed by atoms with E-state index < -0.39 is 30.0 Å². The first-order valence-corrected chi connectivity index (χ1v) is 8.28. The van der Waals surface area contributed by atoms with Gasteiger partial charge in [0.1, 0.15) is 24.4 Å². The Balaban J connectivity index is 2.92. The Morgan fingerprint density at radius 1 is 0.750 bits per heavy atom. The highest BCUT2D eigenvalue weighted by Gasteiger charge is 2.47. The van der Waals surface area contributed by atoms with E-state index in [-0.39, 0.29) is 0 Å². The summed E-state index contributed by atoms with van der Waals surface area (Å²) in [4.78, 5) is 0. The monoisotopic (exact) mass is 358 g/mol. The number of hydrogen-bond acceptors (Lipinski definition) is 5. The highest BCUT2D eigenvalue weighted by Crippen LogP contribution is 2.30. The molecule has 0 radical (unpaired) electrons. The minimum absolute atomic E-state index is 0.305. The number of rotatable bonds is 13. The quantitative estimate of drug-likeness (QED) is 0.288. The van der Waals surface area contributed by atoms with E-state index in [0.29, 0.717) is 33.0 Å². The number of alkyl halides is 1. The molecule has 0 aromatic heterocycles. The third-order valence-electron chi connectivity index (χ3n) is 3.31. The SMILES string of the molecule is C=CCOC[C@H]1O[C@H](Cl)[C@@H](OCC=C)[C@@H](OCC=C)[C@@H]1OCC=C. The summed E-state index contributed by atoms with van der Waals surface area (Å²) < 4.78 is 28.8. The predicted molar refractivity (Wildman–Crippen MR) is 95.3 cm³/mol. The van der Waals surface area contributed by atoms with E-state index in [0.717, 1.165) is 0 Å². The van der Waals surface area contributed by atoms with Crippen molar-refractivity contribution in [2.75, 3.05) is 33.0 Å². The predicted octanol–water partition coefficient (Wildman–Crippen LogP) is 2.87. The van der Waals surface area contributed by atoms with Crippen LogP contribution in [-0.4, -0.2) is 63.0 Å². The fourth-order valence-corrected chi connectivity index (χ4v) is 2.72. The molecule has 0 aliphatic carbocycles. The molecule has 0 spiro atoms. The topological polar surface area (TPSA) is 46.2 Å². The third-order valence-corrected chi connectivity index (χ3v) is 3.67. The average molecular weight is 359 g/mol. The van der Waals surface area contributed by atoms with Gasteiger partial charge in [-0.2, -0.15) is 0 Å². The van der Waals surface area contributed by atoms with E-state index in [1.807, 2.05) is 0 Å². The van der Waals surface area contributed by atoms with Crippen molar-refractivity contribution in [2.45, 2.75) is 30.0 Å². The van der Waals surface area contributed by atoms with E-state index in [4.69, 9.17) is 35.3 Å². The summed E-state index contributed by atoms with van der Waals surface area (Å²) in [5.41, 5.74) is -0.694. The van der Waals surface area contributed by atoms with Crippen molar-refractivity contribution in [3.8, 4) is 0 Å². The normalized spacial score (nSPS) is 29.8. The molecule has 1 aliphatic heterocycles. The second kappa shape index (κ2) is 12.4. The third kappa shape index (κ3) is 6.51. The molecule has 1 fully saturated rings. The first kappa shape index (κ1) is 21.1. The molecule has 136 valence electrons. The molecule has 24 heavy (non-hydrogen) atoms. The summed E-state index contributed by atoms with van der Waals surface area (Å²) >= 11 is 6.36. The van der Waals surface area contributed by atoms with Gasteiger partial charge < -0.3 is 23.7 Å². The molecule has 0 unspecified atom stereocenters. The Hall–Kier alpha value is -0.950. The second-order valence-corrected chi connectivity index (χ2v) is 5.54. The van der Waals surface area contributed by atoms with Gasteiger partial charge in [0.25, 0.3) is 0 Å². The van der Waals surface area contributed by atoms with Gasteiger partial charge in [-0.25, -0.2) is 0 Å². The van der Waals surface area contributed by atoms with E-state index in [2.05, 4.69) is 26.3 Å². The summed E-state index contributed by atoms with van der Waals surface area (Å²) in [6, 6.07) is 0. The zero-order valence-corrected chi connectivity index (χ0v) is 14.7. The number of ether oxygens (including phenoxy) is 5. The van der Waals surface area contributed by atoms with Crippen molar-refractivity contribution in [2.24, 2.45) is 0 Å². The van der Waals surface area contributed by atoms with Gasteiger partial charge in [0, 0.05) is 0 Å². The zero-order chi connectivity index (χ0) is 17.8. The minimum Gasteiger partial charge on any atom is -0.375 e. The highest BCUT2D eigenvalue weighted by atomic mass is 35.5. The molecule has 0 aromatic carbocycles. The van der Waals surface area contributed by atoms with E-state index in [1.54, 1.807) is 24.3 Å². The minimum atomic E-state index is -0.694. The molecule has 0 bridgehead atoms. The van der Waals surface area contributed by atoms with E-state index >= 15 is 0 Å². The zero-order valence-electron chi connectivity index (χ0n) is 14.0. The molecule has 6 heteroatoms. The van der Waals surface area contributed by atoms with Crippen LogP contribution >= 0.6 is 11.6 Å². The number of hydrogen-bond donors (Lipinski definition) is 0. The summed E-state index contributed by atoms with van der Waals surface area (Å²) in [5.74, 6) is 0.